The van der Waals surface area contributed by atoms with Gasteiger partial charge in [0.25, 0.3) is 11.7 Å². The van der Waals surface area contributed by atoms with Gasteiger partial charge in [0, 0.05) is 46.1 Å². The molecule has 0 radical (unpaired) electrons. The predicted octanol–water partition coefficient (Wildman–Crippen LogP) is 8.74. The number of amides is 1. The number of carbonyl (C=O) groups is 4. The lowest BCUT2D eigenvalue weighted by molar-refractivity contribution is -0.302. The van der Waals surface area contributed by atoms with Crippen molar-refractivity contribution in [1.82, 2.24) is 4.90 Å². The quantitative estimate of drug-likeness (QED) is 0.154. The molecule has 2 aromatic rings. The maximum atomic E-state index is 14.5. The van der Waals surface area contributed by atoms with Crippen molar-refractivity contribution in [3.05, 3.63) is 65.8 Å². The second kappa shape index (κ2) is 22.7. The van der Waals surface area contributed by atoms with E-state index in [4.69, 9.17) is 28.4 Å². The van der Waals surface area contributed by atoms with Gasteiger partial charge in [-0.15, -0.1) is 0 Å². The molecular weight excluding hydrogens is 827 g/mol. The van der Waals surface area contributed by atoms with Crippen molar-refractivity contribution in [3.63, 3.8) is 0 Å². The number of carbonyl (C=O) groups excluding carboxylic acids is 4. The van der Waals surface area contributed by atoms with E-state index < -0.39 is 59.8 Å². The summed E-state index contributed by atoms with van der Waals surface area (Å²) < 4.78 is 37.2. The Hall–Kier alpha value is -3.94. The van der Waals surface area contributed by atoms with Crippen LogP contribution in [0, 0.1) is 29.6 Å². The van der Waals surface area contributed by atoms with Crippen molar-refractivity contribution in [3.8, 4) is 5.75 Å². The highest BCUT2D eigenvalue weighted by atomic mass is 16.7. The minimum absolute atomic E-state index is 0.0861. The largest absolute Gasteiger partial charge is 0.488 e. The molecule has 2 bridgehead atoms. The second-order valence-electron chi connectivity index (χ2n) is 19.6. The number of rotatable bonds is 8. The lowest BCUT2D eigenvalue weighted by atomic mass is 9.82. The Morgan fingerprint density at radius 2 is 1.57 bits per heavy atom. The van der Waals surface area contributed by atoms with Crippen LogP contribution in [0.5, 0.6) is 5.75 Å². The first-order valence-electron chi connectivity index (χ1n) is 24.2. The summed E-state index contributed by atoms with van der Waals surface area (Å²) in [6.45, 7) is 12.0. The molecule has 4 aliphatic rings. The molecule has 1 aliphatic carbocycles. The molecule has 0 spiro atoms. The molecule has 3 heterocycles. The van der Waals surface area contributed by atoms with Crippen LogP contribution in [0.3, 0.4) is 0 Å². The third-order valence-electron chi connectivity index (χ3n) is 14.7. The molecule has 12 heteroatoms. The number of hydrogen-bond donors (Lipinski definition) is 1. The summed E-state index contributed by atoms with van der Waals surface area (Å²) in [5, 5.41) is 14.4. The fourth-order valence-corrected chi connectivity index (χ4v) is 10.9. The van der Waals surface area contributed by atoms with E-state index in [0.29, 0.717) is 57.8 Å². The fraction of sp³-hybridized carbons (Fsp3) is 0.660. The zero-order chi connectivity index (χ0) is 47.0. The van der Waals surface area contributed by atoms with Gasteiger partial charge in [0.05, 0.1) is 18.3 Å². The zero-order valence-corrected chi connectivity index (χ0v) is 40.3. The number of piperidine rings is 1. The summed E-state index contributed by atoms with van der Waals surface area (Å²) in [6.07, 6.45) is 8.04. The van der Waals surface area contributed by atoms with Gasteiger partial charge < -0.3 is 38.4 Å². The maximum Gasteiger partial charge on any atom is 0.329 e. The van der Waals surface area contributed by atoms with Gasteiger partial charge >= 0.3 is 5.97 Å². The van der Waals surface area contributed by atoms with Crippen LogP contribution in [-0.4, -0.2) is 110 Å². The molecule has 358 valence electrons. The van der Waals surface area contributed by atoms with Gasteiger partial charge in [0.1, 0.15) is 35.9 Å². The van der Waals surface area contributed by atoms with Crippen LogP contribution in [0.1, 0.15) is 119 Å². The normalized spacial score (nSPS) is 35.4. The van der Waals surface area contributed by atoms with E-state index in [9.17, 15) is 24.3 Å². The van der Waals surface area contributed by atoms with Gasteiger partial charge in [-0.05, 0) is 131 Å². The molecule has 65 heavy (non-hydrogen) atoms. The third kappa shape index (κ3) is 12.0. The van der Waals surface area contributed by atoms with E-state index in [2.05, 4.69) is 43.3 Å². The van der Waals surface area contributed by atoms with Gasteiger partial charge in [-0.25, -0.2) is 4.79 Å². The first kappa shape index (κ1) is 50.5. The van der Waals surface area contributed by atoms with E-state index in [1.165, 1.54) is 4.90 Å². The number of hydrogen-bond acceptors (Lipinski definition) is 11. The monoisotopic (exact) mass is 902 g/mol. The minimum atomic E-state index is -2.47. The molecule has 2 saturated heterocycles. The molecular formula is C53H75NO11. The number of Topliss-reactive ketones (excluding diaryl/α,β-unsaturated/α-hetero) is 2. The number of benzene rings is 2. The molecule has 2 aromatic carbocycles. The van der Waals surface area contributed by atoms with Crippen LogP contribution in [-0.2, 0) is 42.9 Å². The van der Waals surface area contributed by atoms with Crippen LogP contribution in [0.4, 0.5) is 0 Å². The summed E-state index contributed by atoms with van der Waals surface area (Å²) in [7, 11) is 4.83. The first-order chi connectivity index (χ1) is 31.1. The summed E-state index contributed by atoms with van der Waals surface area (Å²) in [5.41, 5.74) is 1.94. The number of aliphatic hydroxyl groups is 1. The summed E-state index contributed by atoms with van der Waals surface area (Å²) >= 11 is 0. The molecule has 6 rings (SSSR count). The van der Waals surface area contributed by atoms with Gasteiger partial charge in [0.15, 0.2) is 0 Å². The lowest BCUT2D eigenvalue weighted by Gasteiger charge is -2.47. The SMILES string of the molecule is CCC1C=C(C)CC(C)CC(OC)C2OC(O)(C(=O)C(=O)N3CCCCC3C(=O)OC(C(C)=CC3CCC(Oc4ccc5ccccc5c4)C(OC)C3)C(C)CCC1=O)C(C)CC2OC. The van der Waals surface area contributed by atoms with Gasteiger partial charge in [-0.1, -0.05) is 75.8 Å². The standard InChI is InChI=1S/C53H75NO11/c1-10-38-26-32(2)25-33(3)27-46(61-8)49-47(62-9)29-36(6)53(59,65-49)50(56)51(57)54-24-14-13-17-42(54)52(58)64-48(34(4)18-22-43(38)55)35(5)28-37-19-23-44(45(30-37)60-7)63-41-21-20-39-15-11-12-16-40(39)31-41/h11-12,15-16,20-21,26,28,31,33-34,36-38,42,44-49,59H,10,13-14,17-19,22-25,27,29-30H2,1-9H3. The number of ketones is 2. The molecule has 1 amide bonds. The number of nitrogens with zero attached hydrogens (tertiary/aromatic N) is 1. The van der Waals surface area contributed by atoms with E-state index >= 15 is 0 Å². The minimum Gasteiger partial charge on any atom is -0.488 e. The molecule has 1 saturated carbocycles. The van der Waals surface area contributed by atoms with Crippen LogP contribution in [0.25, 0.3) is 10.8 Å². The zero-order valence-electron chi connectivity index (χ0n) is 40.3. The Morgan fingerprint density at radius 1 is 0.862 bits per heavy atom. The molecule has 3 aliphatic heterocycles. The Balaban J connectivity index is 1.28. The van der Waals surface area contributed by atoms with Gasteiger partial charge in [0.2, 0.25) is 5.79 Å². The summed E-state index contributed by atoms with van der Waals surface area (Å²) in [6, 6.07) is 13.3. The smallest absolute Gasteiger partial charge is 0.329 e. The number of allylic oxidation sites excluding steroid dienone is 3. The van der Waals surface area contributed by atoms with E-state index in [0.717, 1.165) is 40.5 Å². The van der Waals surface area contributed by atoms with E-state index in [1.54, 1.807) is 28.3 Å². The topological polar surface area (TPSA) is 147 Å². The summed E-state index contributed by atoms with van der Waals surface area (Å²) in [5.74, 6) is -5.35. The number of ether oxygens (including phenoxy) is 6. The van der Waals surface area contributed by atoms with Gasteiger partial charge in [-0.2, -0.15) is 0 Å². The van der Waals surface area contributed by atoms with Crippen molar-refractivity contribution >= 4 is 34.2 Å². The highest BCUT2D eigenvalue weighted by molar-refractivity contribution is 6.39. The second-order valence-corrected chi connectivity index (χ2v) is 19.6. The molecule has 0 aromatic heterocycles. The van der Waals surface area contributed by atoms with E-state index in [1.807, 2.05) is 45.9 Å². The number of esters is 1. The van der Waals surface area contributed by atoms with E-state index in [-0.39, 0.29) is 54.6 Å². The highest BCUT2D eigenvalue weighted by Crippen LogP contribution is 2.40. The Kier molecular flexibility index (Phi) is 17.6. The number of methoxy groups -OCH3 is 3. The van der Waals surface area contributed by atoms with Crippen LogP contribution >= 0.6 is 0 Å². The van der Waals surface area contributed by atoms with Crippen molar-refractivity contribution in [1.29, 1.82) is 0 Å². The molecule has 12 nitrogen and oxygen atoms in total. The predicted molar refractivity (Wildman–Crippen MR) is 249 cm³/mol. The summed E-state index contributed by atoms with van der Waals surface area (Å²) in [4.78, 5) is 58.5. The first-order valence-corrected chi connectivity index (χ1v) is 24.2. The van der Waals surface area contributed by atoms with Crippen LogP contribution in [0.2, 0.25) is 0 Å². The molecule has 3 fully saturated rings. The Labute approximate surface area is 386 Å². The fourth-order valence-electron chi connectivity index (χ4n) is 10.9. The average Bonchev–Trinajstić information content (AvgIpc) is 3.30. The van der Waals surface area contributed by atoms with Crippen molar-refractivity contribution in [2.24, 2.45) is 29.6 Å². The Morgan fingerprint density at radius 3 is 2.28 bits per heavy atom. The molecule has 13 atom stereocenters. The van der Waals surface area contributed by atoms with Crippen molar-refractivity contribution in [2.75, 3.05) is 27.9 Å². The van der Waals surface area contributed by atoms with Gasteiger partial charge in [-0.3, -0.25) is 14.4 Å². The maximum absolute atomic E-state index is 14.5. The van der Waals surface area contributed by atoms with Crippen LogP contribution < -0.4 is 4.74 Å². The number of cyclic esters (lactones) is 1. The van der Waals surface area contributed by atoms with Crippen molar-refractivity contribution < 1.29 is 52.7 Å². The molecule has 13 unspecified atom stereocenters. The van der Waals surface area contributed by atoms with Crippen LogP contribution in [0.15, 0.2) is 65.8 Å². The molecule has 1 N–H and O–H groups in total. The lowest BCUT2D eigenvalue weighted by Crippen LogP contribution is -2.64. The number of fused-ring (bicyclic) bond motifs is 4. The van der Waals surface area contributed by atoms with Crippen molar-refractivity contribution in [2.45, 2.75) is 167 Å². The third-order valence-corrected chi connectivity index (χ3v) is 14.7. The highest BCUT2D eigenvalue weighted by Gasteiger charge is 2.56. The average molecular weight is 902 g/mol. The Bertz CT molecular complexity index is 2030.